The summed E-state index contributed by atoms with van der Waals surface area (Å²) in [6, 6.07) is 10.7. The number of carbonyl (C=O) groups excluding carboxylic acids is 2. The molecule has 1 aromatic carbocycles. The molecule has 7 heteroatoms. The molecule has 0 radical (unpaired) electrons. The zero-order valence-corrected chi connectivity index (χ0v) is 15.9. The number of thiophene rings is 1. The van der Waals surface area contributed by atoms with Crippen molar-refractivity contribution in [2.24, 2.45) is 0 Å². The molecule has 0 fully saturated rings. The Bertz CT molecular complexity index is 871. The Morgan fingerprint density at radius 2 is 2.00 bits per heavy atom. The number of aryl methyl sites for hydroxylation is 1. The number of carbonyl (C=O) groups is 2. The van der Waals surface area contributed by atoms with Crippen LogP contribution >= 0.6 is 11.3 Å². The maximum absolute atomic E-state index is 12.4. The van der Waals surface area contributed by atoms with E-state index in [0.29, 0.717) is 10.6 Å². The molecule has 1 aliphatic carbocycles. The van der Waals surface area contributed by atoms with Gasteiger partial charge in [-0.2, -0.15) is 5.26 Å². The van der Waals surface area contributed by atoms with Gasteiger partial charge in [-0.05, 0) is 43.7 Å². The van der Waals surface area contributed by atoms with Gasteiger partial charge in [-0.15, -0.1) is 11.3 Å². The molecule has 0 bridgehead atoms. The molecule has 0 aliphatic heterocycles. The number of benzene rings is 1. The van der Waals surface area contributed by atoms with Crippen molar-refractivity contribution in [1.29, 1.82) is 5.26 Å². The molecule has 1 heterocycles. The topological polar surface area (TPSA) is 91.2 Å². The van der Waals surface area contributed by atoms with Crippen molar-refractivity contribution in [2.75, 3.05) is 5.32 Å². The van der Waals surface area contributed by atoms with E-state index in [9.17, 15) is 14.9 Å². The standard InChI is InChI=1S/C20H21N3O3S/c1-13(22-20(25)26-12-14-7-3-2-4-8-14)18(24)23-19-16(11-21)15-9-5-6-10-17(15)27-19/h2-4,7-8,13H,5-6,9-10,12H2,1H3,(H,22,25)(H,23,24)/t13-/m1/s1. The van der Waals surface area contributed by atoms with Gasteiger partial charge in [0, 0.05) is 4.88 Å². The van der Waals surface area contributed by atoms with E-state index in [-0.39, 0.29) is 12.5 Å². The molecule has 0 spiro atoms. The first-order valence-electron chi connectivity index (χ1n) is 8.91. The molecule has 140 valence electrons. The predicted octanol–water partition coefficient (Wildman–Crippen LogP) is 3.75. The quantitative estimate of drug-likeness (QED) is 0.822. The number of alkyl carbamates (subject to hydrolysis) is 1. The zero-order valence-electron chi connectivity index (χ0n) is 15.1. The Morgan fingerprint density at radius 1 is 1.26 bits per heavy atom. The van der Waals surface area contributed by atoms with E-state index in [2.05, 4.69) is 16.7 Å². The summed E-state index contributed by atoms with van der Waals surface area (Å²) in [5.41, 5.74) is 2.49. The van der Waals surface area contributed by atoms with Crippen LogP contribution in [0.4, 0.5) is 9.80 Å². The zero-order chi connectivity index (χ0) is 19.2. The number of fused-ring (bicyclic) bond motifs is 1. The van der Waals surface area contributed by atoms with Crippen LogP contribution in [-0.2, 0) is 29.0 Å². The molecule has 3 rings (SSSR count). The first-order valence-corrected chi connectivity index (χ1v) is 9.73. The third-order valence-electron chi connectivity index (χ3n) is 4.46. The summed E-state index contributed by atoms with van der Waals surface area (Å²) >= 11 is 1.46. The number of ether oxygens (including phenoxy) is 1. The van der Waals surface area contributed by atoms with Gasteiger partial charge in [0.1, 0.15) is 23.7 Å². The number of hydrogen-bond donors (Lipinski definition) is 2. The largest absolute Gasteiger partial charge is 0.445 e. The van der Waals surface area contributed by atoms with Crippen LogP contribution in [0.2, 0.25) is 0 Å². The lowest BCUT2D eigenvalue weighted by Crippen LogP contribution is -2.41. The van der Waals surface area contributed by atoms with Crippen LogP contribution in [-0.4, -0.2) is 18.0 Å². The Labute approximate surface area is 162 Å². The SMILES string of the molecule is C[C@@H](NC(=O)OCc1ccccc1)C(=O)Nc1sc2c(c1C#N)CCCC2. The Kier molecular flexibility index (Phi) is 6.09. The van der Waals surface area contributed by atoms with Crippen LogP contribution in [0.15, 0.2) is 30.3 Å². The third-order valence-corrected chi connectivity index (χ3v) is 5.67. The highest BCUT2D eigenvalue weighted by molar-refractivity contribution is 7.16. The highest BCUT2D eigenvalue weighted by atomic mass is 32.1. The fourth-order valence-corrected chi connectivity index (χ4v) is 4.24. The molecular formula is C20H21N3O3S. The van der Waals surface area contributed by atoms with E-state index in [0.717, 1.165) is 36.8 Å². The molecule has 27 heavy (non-hydrogen) atoms. The van der Waals surface area contributed by atoms with Gasteiger partial charge in [0.2, 0.25) is 5.91 Å². The van der Waals surface area contributed by atoms with Crippen LogP contribution in [0.5, 0.6) is 0 Å². The monoisotopic (exact) mass is 383 g/mol. The lowest BCUT2D eigenvalue weighted by Gasteiger charge is -2.14. The van der Waals surface area contributed by atoms with Crippen molar-refractivity contribution in [3.05, 3.63) is 51.9 Å². The van der Waals surface area contributed by atoms with Gasteiger partial charge in [-0.3, -0.25) is 4.79 Å². The number of anilines is 1. The maximum atomic E-state index is 12.4. The molecule has 1 aromatic heterocycles. The van der Waals surface area contributed by atoms with Gasteiger partial charge < -0.3 is 15.4 Å². The van der Waals surface area contributed by atoms with E-state index < -0.39 is 12.1 Å². The van der Waals surface area contributed by atoms with E-state index in [4.69, 9.17) is 4.74 Å². The molecule has 2 N–H and O–H groups in total. The summed E-state index contributed by atoms with van der Waals surface area (Å²) in [6.07, 6.45) is 3.34. The molecule has 0 saturated heterocycles. The number of amides is 2. The summed E-state index contributed by atoms with van der Waals surface area (Å²) in [7, 11) is 0. The van der Waals surface area contributed by atoms with Crippen LogP contribution in [0.3, 0.4) is 0 Å². The summed E-state index contributed by atoms with van der Waals surface area (Å²) in [5, 5.41) is 15.3. The summed E-state index contributed by atoms with van der Waals surface area (Å²) in [4.78, 5) is 25.5. The summed E-state index contributed by atoms with van der Waals surface area (Å²) in [5.74, 6) is -0.373. The number of nitrogens with zero attached hydrogens (tertiary/aromatic N) is 1. The first-order chi connectivity index (χ1) is 13.1. The van der Waals surface area contributed by atoms with Crippen molar-refractivity contribution in [3.63, 3.8) is 0 Å². The van der Waals surface area contributed by atoms with Crippen LogP contribution in [0, 0.1) is 11.3 Å². The van der Waals surface area contributed by atoms with Gasteiger partial charge in [-0.25, -0.2) is 4.79 Å². The number of nitriles is 1. The molecule has 0 unspecified atom stereocenters. The second-order valence-corrected chi connectivity index (χ2v) is 7.55. The van der Waals surface area contributed by atoms with E-state index in [1.165, 1.54) is 16.2 Å². The molecule has 0 saturated carbocycles. The highest BCUT2D eigenvalue weighted by Crippen LogP contribution is 2.37. The summed E-state index contributed by atoms with van der Waals surface area (Å²) < 4.78 is 5.13. The lowest BCUT2D eigenvalue weighted by molar-refractivity contribution is -0.117. The van der Waals surface area contributed by atoms with Crippen molar-refractivity contribution in [1.82, 2.24) is 5.32 Å². The maximum Gasteiger partial charge on any atom is 0.408 e. The van der Waals surface area contributed by atoms with Crippen LogP contribution in [0.25, 0.3) is 0 Å². The average molecular weight is 383 g/mol. The molecule has 1 aliphatic rings. The predicted molar refractivity (Wildman–Crippen MR) is 104 cm³/mol. The minimum Gasteiger partial charge on any atom is -0.445 e. The Hall–Kier alpha value is -2.85. The van der Waals surface area contributed by atoms with Gasteiger partial charge in [0.15, 0.2) is 0 Å². The lowest BCUT2D eigenvalue weighted by atomic mass is 9.96. The Morgan fingerprint density at radius 3 is 2.74 bits per heavy atom. The average Bonchev–Trinajstić information content (AvgIpc) is 3.04. The fraction of sp³-hybridized carbons (Fsp3) is 0.350. The fourth-order valence-electron chi connectivity index (χ4n) is 3.00. The third kappa shape index (κ3) is 4.66. The van der Waals surface area contributed by atoms with Gasteiger partial charge >= 0.3 is 6.09 Å². The van der Waals surface area contributed by atoms with Crippen LogP contribution in [0.1, 0.15) is 41.3 Å². The van der Waals surface area contributed by atoms with Crippen molar-refractivity contribution < 1.29 is 14.3 Å². The van der Waals surface area contributed by atoms with E-state index in [1.54, 1.807) is 6.92 Å². The normalized spacial score (nSPS) is 13.8. The molecule has 2 aromatic rings. The van der Waals surface area contributed by atoms with Crippen molar-refractivity contribution in [2.45, 2.75) is 45.3 Å². The second kappa shape index (κ2) is 8.69. The van der Waals surface area contributed by atoms with Crippen molar-refractivity contribution >= 4 is 28.3 Å². The number of rotatable bonds is 5. The van der Waals surface area contributed by atoms with Crippen molar-refractivity contribution in [3.8, 4) is 6.07 Å². The van der Waals surface area contributed by atoms with Gasteiger partial charge in [-0.1, -0.05) is 30.3 Å². The first kappa shape index (κ1) is 18.9. The highest BCUT2D eigenvalue weighted by Gasteiger charge is 2.24. The molecule has 1 atom stereocenters. The number of nitrogens with one attached hydrogen (secondary N) is 2. The van der Waals surface area contributed by atoms with Gasteiger partial charge in [0.05, 0.1) is 5.56 Å². The molecular weight excluding hydrogens is 362 g/mol. The molecule has 2 amide bonds. The minimum atomic E-state index is -0.779. The minimum absolute atomic E-state index is 0.136. The van der Waals surface area contributed by atoms with E-state index >= 15 is 0 Å². The Balaban J connectivity index is 1.55. The van der Waals surface area contributed by atoms with Gasteiger partial charge in [0.25, 0.3) is 0 Å². The second-order valence-electron chi connectivity index (χ2n) is 6.44. The van der Waals surface area contributed by atoms with E-state index in [1.807, 2.05) is 30.3 Å². The number of hydrogen-bond acceptors (Lipinski definition) is 5. The molecule has 6 nitrogen and oxygen atoms in total. The smallest absolute Gasteiger partial charge is 0.408 e. The summed E-state index contributed by atoms with van der Waals surface area (Å²) in [6.45, 7) is 1.72. The van der Waals surface area contributed by atoms with Crippen LogP contribution < -0.4 is 10.6 Å².